The number of carboxylic acid groups (broad SMARTS) is 1. The van der Waals surface area contributed by atoms with Crippen LogP contribution in [0.4, 0.5) is 17.6 Å². The van der Waals surface area contributed by atoms with E-state index in [2.05, 4.69) is 0 Å². The average molecular weight is 174 g/mol. The molecule has 0 amide bonds. The zero-order chi connectivity index (χ0) is 9.02. The molecule has 66 valence electrons. The van der Waals surface area contributed by atoms with Gasteiger partial charge in [0, 0.05) is 0 Å². The fourth-order valence-electron chi connectivity index (χ4n) is 0.490. The summed E-state index contributed by atoms with van der Waals surface area (Å²) in [6.07, 6.45) is -7.77. The third-order valence-electron chi connectivity index (χ3n) is 1.06. The summed E-state index contributed by atoms with van der Waals surface area (Å²) in [5.41, 5.74) is 0. The maximum absolute atomic E-state index is 11.6. The molecule has 0 aromatic rings. The number of alkyl halides is 4. The molecule has 2 nitrogen and oxygen atoms in total. The molecule has 0 aromatic heterocycles. The zero-order valence-corrected chi connectivity index (χ0v) is 5.31. The maximum Gasteiger partial charge on any atom is 0.304 e. The second-order valence-electron chi connectivity index (χ2n) is 1.93. The number of aliphatic carboxylic acids is 1. The summed E-state index contributed by atoms with van der Waals surface area (Å²) in [6, 6.07) is 0. The smallest absolute Gasteiger partial charge is 0.304 e. The largest absolute Gasteiger partial charge is 0.481 e. The molecule has 0 atom stereocenters. The number of carbonyl (C=O) groups is 1. The van der Waals surface area contributed by atoms with E-state index in [1.165, 1.54) is 0 Å². The molecule has 0 fully saturated rings. The maximum atomic E-state index is 11.6. The number of carboxylic acids is 1. The first-order chi connectivity index (χ1) is 4.95. The average Bonchev–Trinajstić information content (AvgIpc) is 1.81. The molecule has 11 heavy (non-hydrogen) atoms. The number of rotatable bonds is 4. The van der Waals surface area contributed by atoms with Gasteiger partial charge in [-0.2, -0.15) is 0 Å². The molecule has 0 bridgehead atoms. The number of hydrogen-bond acceptors (Lipinski definition) is 1. The summed E-state index contributed by atoms with van der Waals surface area (Å²) in [4.78, 5) is 9.75. The lowest BCUT2D eigenvalue weighted by Crippen LogP contribution is -2.23. The van der Waals surface area contributed by atoms with Crippen LogP contribution in [0.15, 0.2) is 0 Å². The highest BCUT2D eigenvalue weighted by atomic mass is 19.3. The summed E-state index contributed by atoms with van der Waals surface area (Å²) in [7, 11) is 0. The molecule has 0 aliphatic heterocycles. The van der Waals surface area contributed by atoms with Crippen LogP contribution in [0.25, 0.3) is 0 Å². The van der Waals surface area contributed by atoms with Gasteiger partial charge in [0.15, 0.2) is 0 Å². The van der Waals surface area contributed by atoms with Crippen molar-refractivity contribution < 1.29 is 27.5 Å². The second kappa shape index (κ2) is 4.15. The molecule has 6 heteroatoms. The quantitative estimate of drug-likeness (QED) is 0.657. The highest BCUT2D eigenvalue weighted by molar-refractivity contribution is 5.67. The van der Waals surface area contributed by atoms with E-state index in [0.29, 0.717) is 0 Å². The van der Waals surface area contributed by atoms with Crippen molar-refractivity contribution in [3.05, 3.63) is 0 Å². The first kappa shape index (κ1) is 10.2. The van der Waals surface area contributed by atoms with Crippen LogP contribution in [0.1, 0.15) is 6.42 Å². The van der Waals surface area contributed by atoms with E-state index >= 15 is 0 Å². The van der Waals surface area contributed by atoms with Crippen LogP contribution in [-0.4, -0.2) is 23.9 Å². The topological polar surface area (TPSA) is 37.3 Å². The fourth-order valence-corrected chi connectivity index (χ4v) is 0.490. The summed E-state index contributed by atoms with van der Waals surface area (Å²) in [5.74, 6) is -4.00. The molecule has 0 aromatic carbocycles. The first-order valence-corrected chi connectivity index (χ1v) is 2.73. The van der Waals surface area contributed by atoms with E-state index in [0.717, 1.165) is 0 Å². The Balaban J connectivity index is 4.00. The van der Waals surface area contributed by atoms with Gasteiger partial charge < -0.3 is 5.11 Å². The summed E-state index contributed by atoms with van der Waals surface area (Å²) in [5, 5.41) is 7.92. The standard InChI is InChI=1S/C5H6F4O2/c6-4(7)2(5(8)9)1-3(10)11/h2,4-5H,1H2,(H,10,11). The molecule has 1 N–H and O–H groups in total. The number of halogens is 4. The molecule has 0 radical (unpaired) electrons. The predicted octanol–water partition coefficient (Wildman–Crippen LogP) is 1.61. The molecule has 0 heterocycles. The van der Waals surface area contributed by atoms with Gasteiger partial charge in [0.1, 0.15) is 0 Å². The molecular weight excluding hydrogens is 168 g/mol. The molecule has 0 saturated heterocycles. The van der Waals surface area contributed by atoms with Crippen LogP contribution in [0, 0.1) is 5.92 Å². The Morgan fingerprint density at radius 1 is 1.18 bits per heavy atom. The lowest BCUT2D eigenvalue weighted by Gasteiger charge is -2.11. The third kappa shape index (κ3) is 3.79. The van der Waals surface area contributed by atoms with Crippen LogP contribution in [0.3, 0.4) is 0 Å². The molecule has 0 spiro atoms. The van der Waals surface area contributed by atoms with Gasteiger partial charge in [-0.25, -0.2) is 17.6 Å². The summed E-state index contributed by atoms with van der Waals surface area (Å²) < 4.78 is 46.3. The molecule has 0 saturated carbocycles. The van der Waals surface area contributed by atoms with Gasteiger partial charge in [-0.05, 0) is 0 Å². The summed E-state index contributed by atoms with van der Waals surface area (Å²) >= 11 is 0. The Kier molecular flexibility index (Phi) is 3.84. The van der Waals surface area contributed by atoms with E-state index in [4.69, 9.17) is 5.11 Å². The van der Waals surface area contributed by atoms with Crippen molar-refractivity contribution in [2.75, 3.05) is 0 Å². The van der Waals surface area contributed by atoms with Crippen LogP contribution >= 0.6 is 0 Å². The minimum absolute atomic E-state index is 1.20. The highest BCUT2D eigenvalue weighted by Gasteiger charge is 2.31. The molecule has 0 unspecified atom stereocenters. The van der Waals surface area contributed by atoms with Gasteiger partial charge in [0.25, 0.3) is 0 Å². The fraction of sp³-hybridized carbons (Fsp3) is 0.800. The first-order valence-electron chi connectivity index (χ1n) is 2.73. The van der Waals surface area contributed by atoms with E-state index in [1.54, 1.807) is 0 Å². The molecule has 0 aliphatic rings. The van der Waals surface area contributed by atoms with E-state index in [9.17, 15) is 22.4 Å². The lowest BCUT2D eigenvalue weighted by atomic mass is 10.1. The molecular formula is C5H6F4O2. The normalized spacial score (nSPS) is 11.5. The van der Waals surface area contributed by atoms with Gasteiger partial charge in [-0.1, -0.05) is 0 Å². The highest BCUT2D eigenvalue weighted by Crippen LogP contribution is 2.21. The second-order valence-corrected chi connectivity index (χ2v) is 1.93. The van der Waals surface area contributed by atoms with Crippen LogP contribution in [0.5, 0.6) is 0 Å². The van der Waals surface area contributed by atoms with Crippen molar-refractivity contribution in [1.29, 1.82) is 0 Å². The van der Waals surface area contributed by atoms with Gasteiger partial charge in [-0.3, -0.25) is 4.79 Å². The van der Waals surface area contributed by atoms with Gasteiger partial charge in [0.05, 0.1) is 12.3 Å². The minimum atomic E-state index is -3.29. The van der Waals surface area contributed by atoms with Gasteiger partial charge in [-0.15, -0.1) is 0 Å². The summed E-state index contributed by atoms with van der Waals surface area (Å²) in [6.45, 7) is 0. The molecule has 0 rings (SSSR count). The van der Waals surface area contributed by atoms with Crippen molar-refractivity contribution in [2.45, 2.75) is 19.3 Å². The van der Waals surface area contributed by atoms with Gasteiger partial charge in [0.2, 0.25) is 12.9 Å². The predicted molar refractivity (Wildman–Crippen MR) is 27.8 cm³/mol. The van der Waals surface area contributed by atoms with Crippen molar-refractivity contribution in [3.63, 3.8) is 0 Å². The van der Waals surface area contributed by atoms with Crippen molar-refractivity contribution in [2.24, 2.45) is 5.92 Å². The van der Waals surface area contributed by atoms with Crippen molar-refractivity contribution in [3.8, 4) is 0 Å². The molecule has 0 aliphatic carbocycles. The Morgan fingerprint density at radius 2 is 1.55 bits per heavy atom. The zero-order valence-electron chi connectivity index (χ0n) is 5.31. The monoisotopic (exact) mass is 174 g/mol. The van der Waals surface area contributed by atoms with E-state index in [1.807, 2.05) is 0 Å². The Bertz CT molecular complexity index is 128. The Morgan fingerprint density at radius 3 is 1.64 bits per heavy atom. The van der Waals surface area contributed by atoms with Crippen LogP contribution in [0.2, 0.25) is 0 Å². The Hall–Kier alpha value is -0.810. The Labute approximate surface area is 59.8 Å². The van der Waals surface area contributed by atoms with E-state index < -0.39 is 31.2 Å². The van der Waals surface area contributed by atoms with E-state index in [-0.39, 0.29) is 0 Å². The third-order valence-corrected chi connectivity index (χ3v) is 1.06. The van der Waals surface area contributed by atoms with Crippen molar-refractivity contribution in [1.82, 2.24) is 0 Å². The minimum Gasteiger partial charge on any atom is -0.481 e. The lowest BCUT2D eigenvalue weighted by molar-refractivity contribution is -0.142. The number of hydrogen-bond donors (Lipinski definition) is 1. The SMILES string of the molecule is O=C(O)CC(C(F)F)C(F)F. The van der Waals surface area contributed by atoms with Crippen molar-refractivity contribution >= 4 is 5.97 Å². The van der Waals surface area contributed by atoms with Gasteiger partial charge >= 0.3 is 5.97 Å². The van der Waals surface area contributed by atoms with Crippen LogP contribution in [-0.2, 0) is 4.79 Å². The van der Waals surface area contributed by atoms with Crippen LogP contribution < -0.4 is 0 Å².